The van der Waals surface area contributed by atoms with Gasteiger partial charge in [0.1, 0.15) is 0 Å². The molecule has 0 atom stereocenters. The summed E-state index contributed by atoms with van der Waals surface area (Å²) in [7, 11) is 0. The number of hydrogen-bond acceptors (Lipinski definition) is 3. The average Bonchev–Trinajstić information content (AvgIpc) is 2.75. The van der Waals surface area contributed by atoms with Gasteiger partial charge in [0.25, 0.3) is 0 Å². The number of aliphatic hydroxyl groups excluding tert-OH is 1. The van der Waals surface area contributed by atoms with Gasteiger partial charge in [0.05, 0.1) is 18.8 Å². The minimum atomic E-state index is -1.08. The minimum absolute atomic E-state index is 0.0265. The van der Waals surface area contributed by atoms with E-state index in [-0.39, 0.29) is 18.8 Å². The van der Waals surface area contributed by atoms with E-state index in [9.17, 15) is 4.79 Å². The fourth-order valence-corrected chi connectivity index (χ4v) is 1.90. The first-order valence-corrected chi connectivity index (χ1v) is 6.09. The molecule has 94 valence electrons. The molecule has 0 saturated heterocycles. The summed E-state index contributed by atoms with van der Waals surface area (Å²) < 4.78 is 2.44. The van der Waals surface area contributed by atoms with Crippen molar-refractivity contribution in [3.63, 3.8) is 0 Å². The topological polar surface area (TPSA) is 75.3 Å². The summed E-state index contributed by atoms with van der Waals surface area (Å²) in [6.45, 7) is 0.170. The molecule has 0 fully saturated rings. The molecule has 1 heterocycles. The van der Waals surface area contributed by atoms with Crippen LogP contribution in [0.5, 0.6) is 0 Å². The smallest absolute Gasteiger partial charge is 0.356 e. The summed E-state index contributed by atoms with van der Waals surface area (Å²) in [6.07, 6.45) is 0. The van der Waals surface area contributed by atoms with Crippen LogP contribution >= 0.6 is 15.9 Å². The zero-order valence-corrected chi connectivity index (χ0v) is 11.0. The molecule has 6 heteroatoms. The van der Waals surface area contributed by atoms with E-state index in [0.717, 1.165) is 10.0 Å². The quantitative estimate of drug-likeness (QED) is 0.905. The van der Waals surface area contributed by atoms with E-state index in [1.54, 1.807) is 0 Å². The number of aromatic carboxylic acids is 1. The molecule has 18 heavy (non-hydrogen) atoms. The van der Waals surface area contributed by atoms with Gasteiger partial charge in [0.2, 0.25) is 0 Å². The molecule has 0 spiro atoms. The Labute approximate surface area is 112 Å². The molecule has 0 saturated carbocycles. The van der Waals surface area contributed by atoms with Crippen LogP contribution < -0.4 is 0 Å². The molecule has 5 nitrogen and oxygen atoms in total. The fraction of sp³-hybridized carbons (Fsp3) is 0.167. The monoisotopic (exact) mass is 310 g/mol. The van der Waals surface area contributed by atoms with Gasteiger partial charge in [-0.15, -0.1) is 0 Å². The number of rotatable bonds is 4. The van der Waals surface area contributed by atoms with E-state index in [0.29, 0.717) is 5.69 Å². The summed E-state index contributed by atoms with van der Waals surface area (Å²) in [4.78, 5) is 10.9. The number of carboxylic acid groups (broad SMARTS) is 1. The number of nitrogens with zero attached hydrogens (tertiary/aromatic N) is 2. The Morgan fingerprint density at radius 2 is 2.00 bits per heavy atom. The summed E-state index contributed by atoms with van der Waals surface area (Å²) in [5.41, 5.74) is 1.50. The average molecular weight is 311 g/mol. The lowest BCUT2D eigenvalue weighted by Crippen LogP contribution is -2.07. The zero-order valence-electron chi connectivity index (χ0n) is 9.38. The lowest BCUT2D eigenvalue weighted by Gasteiger charge is -2.05. The highest BCUT2D eigenvalue weighted by atomic mass is 79.9. The number of benzene rings is 1. The van der Waals surface area contributed by atoms with Crippen LogP contribution in [0.15, 0.2) is 34.8 Å². The number of carbonyl (C=O) groups is 1. The van der Waals surface area contributed by atoms with Crippen LogP contribution in [0.3, 0.4) is 0 Å². The Kier molecular flexibility index (Phi) is 3.78. The maximum absolute atomic E-state index is 10.9. The van der Waals surface area contributed by atoms with Gasteiger partial charge in [-0.25, -0.2) is 4.79 Å². The van der Waals surface area contributed by atoms with Gasteiger partial charge < -0.3 is 10.2 Å². The number of aromatic nitrogens is 2. The van der Waals surface area contributed by atoms with Crippen molar-refractivity contribution in [2.45, 2.75) is 6.54 Å². The lowest BCUT2D eigenvalue weighted by molar-refractivity contribution is 0.0689. The molecule has 0 amide bonds. The summed E-state index contributed by atoms with van der Waals surface area (Å²) >= 11 is 3.34. The fourth-order valence-electron chi connectivity index (χ4n) is 1.64. The molecule has 2 aromatic rings. The summed E-state index contributed by atoms with van der Waals surface area (Å²) in [5.74, 6) is -1.08. The van der Waals surface area contributed by atoms with Crippen molar-refractivity contribution < 1.29 is 15.0 Å². The Hall–Kier alpha value is -1.66. The van der Waals surface area contributed by atoms with Crippen molar-refractivity contribution >= 4 is 21.9 Å². The standard InChI is InChI=1S/C12H11BrN2O3/c13-9-3-1-8(2-4-9)11-7-10(12(17)18)14-15(11)5-6-16/h1-4,7,16H,5-6H2,(H,17,18). The molecular formula is C12H11BrN2O3. The number of aliphatic hydroxyl groups is 1. The zero-order chi connectivity index (χ0) is 13.1. The maximum atomic E-state index is 10.9. The SMILES string of the molecule is O=C(O)c1cc(-c2ccc(Br)cc2)n(CCO)n1. The van der Waals surface area contributed by atoms with Gasteiger partial charge in [-0.2, -0.15) is 5.10 Å². The van der Waals surface area contributed by atoms with Crippen molar-refractivity contribution in [2.24, 2.45) is 0 Å². The molecule has 0 radical (unpaired) electrons. The van der Waals surface area contributed by atoms with E-state index >= 15 is 0 Å². The van der Waals surface area contributed by atoms with Crippen LogP contribution in [0.4, 0.5) is 0 Å². The molecular weight excluding hydrogens is 300 g/mol. The van der Waals surface area contributed by atoms with Crippen LogP contribution in [-0.2, 0) is 6.54 Å². The van der Waals surface area contributed by atoms with E-state index in [2.05, 4.69) is 21.0 Å². The van der Waals surface area contributed by atoms with Crippen LogP contribution in [0.1, 0.15) is 10.5 Å². The Morgan fingerprint density at radius 1 is 1.33 bits per heavy atom. The second-order valence-corrected chi connectivity index (χ2v) is 4.59. The molecule has 1 aromatic carbocycles. The second kappa shape index (κ2) is 5.32. The summed E-state index contributed by atoms with van der Waals surface area (Å²) in [6, 6.07) is 8.96. The minimum Gasteiger partial charge on any atom is -0.476 e. The highest BCUT2D eigenvalue weighted by Gasteiger charge is 2.14. The van der Waals surface area contributed by atoms with E-state index < -0.39 is 5.97 Å². The van der Waals surface area contributed by atoms with Gasteiger partial charge in [0, 0.05) is 4.47 Å². The van der Waals surface area contributed by atoms with Gasteiger partial charge in [-0.3, -0.25) is 4.68 Å². The molecule has 1 aromatic heterocycles. The molecule has 2 rings (SSSR count). The third-order valence-corrected chi connectivity index (χ3v) is 2.98. The normalized spacial score (nSPS) is 10.6. The Balaban J connectivity index is 2.47. The molecule has 0 unspecified atom stereocenters. The van der Waals surface area contributed by atoms with Crippen molar-refractivity contribution in [2.75, 3.05) is 6.61 Å². The highest BCUT2D eigenvalue weighted by molar-refractivity contribution is 9.10. The van der Waals surface area contributed by atoms with Crippen LogP contribution in [0, 0.1) is 0 Å². The Bertz CT molecular complexity index is 563. The highest BCUT2D eigenvalue weighted by Crippen LogP contribution is 2.22. The van der Waals surface area contributed by atoms with E-state index in [1.807, 2.05) is 24.3 Å². The van der Waals surface area contributed by atoms with Crippen LogP contribution in [-0.4, -0.2) is 32.6 Å². The first kappa shape index (κ1) is 12.8. The van der Waals surface area contributed by atoms with E-state index in [4.69, 9.17) is 10.2 Å². The van der Waals surface area contributed by atoms with Crippen molar-refractivity contribution in [1.82, 2.24) is 9.78 Å². The third kappa shape index (κ3) is 2.60. The lowest BCUT2D eigenvalue weighted by atomic mass is 10.1. The Morgan fingerprint density at radius 3 is 2.56 bits per heavy atom. The van der Waals surface area contributed by atoms with Crippen LogP contribution in [0.25, 0.3) is 11.3 Å². The van der Waals surface area contributed by atoms with Gasteiger partial charge in [-0.05, 0) is 23.8 Å². The third-order valence-electron chi connectivity index (χ3n) is 2.45. The van der Waals surface area contributed by atoms with Gasteiger partial charge in [-0.1, -0.05) is 28.1 Å². The van der Waals surface area contributed by atoms with Crippen LogP contribution in [0.2, 0.25) is 0 Å². The van der Waals surface area contributed by atoms with Crippen molar-refractivity contribution in [3.05, 3.63) is 40.5 Å². The first-order valence-electron chi connectivity index (χ1n) is 5.30. The van der Waals surface area contributed by atoms with Gasteiger partial charge >= 0.3 is 5.97 Å². The molecule has 0 bridgehead atoms. The number of halogens is 1. The first-order chi connectivity index (χ1) is 8.61. The maximum Gasteiger partial charge on any atom is 0.356 e. The molecule has 0 aliphatic rings. The van der Waals surface area contributed by atoms with Gasteiger partial charge in [0.15, 0.2) is 5.69 Å². The molecule has 0 aliphatic carbocycles. The largest absolute Gasteiger partial charge is 0.476 e. The van der Waals surface area contributed by atoms with Crippen molar-refractivity contribution in [3.8, 4) is 11.3 Å². The van der Waals surface area contributed by atoms with E-state index in [1.165, 1.54) is 10.7 Å². The molecule has 0 aliphatic heterocycles. The number of carboxylic acids is 1. The summed E-state index contributed by atoms with van der Waals surface area (Å²) in [5, 5.41) is 21.8. The predicted molar refractivity (Wildman–Crippen MR) is 69.4 cm³/mol. The van der Waals surface area contributed by atoms with Crippen molar-refractivity contribution in [1.29, 1.82) is 0 Å². The molecule has 2 N–H and O–H groups in total. The predicted octanol–water partition coefficient (Wildman–Crippen LogP) is 2.00. The second-order valence-electron chi connectivity index (χ2n) is 3.67. The number of hydrogen-bond donors (Lipinski definition) is 2.